The van der Waals surface area contributed by atoms with E-state index in [1.54, 1.807) is 0 Å². The summed E-state index contributed by atoms with van der Waals surface area (Å²) in [4.78, 5) is 28.2. The number of hydrogen-bond acceptors (Lipinski definition) is 5. The van der Waals surface area contributed by atoms with Gasteiger partial charge in [-0.25, -0.2) is 0 Å². The monoisotopic (exact) mass is 653 g/mol. The van der Waals surface area contributed by atoms with Crippen LogP contribution in [0.4, 0.5) is 0 Å². The molecule has 9 rings (SSSR count). The molecule has 0 N–H and O–H groups in total. The Bertz CT molecular complexity index is 2150. The van der Waals surface area contributed by atoms with Crippen molar-refractivity contribution in [3.63, 3.8) is 0 Å². The molecule has 0 amide bonds. The van der Waals surface area contributed by atoms with E-state index in [1.807, 2.05) is 18.6 Å². The number of carbonyl (C=O) groups excluding carboxylic acids is 1. The third-order valence-electron chi connectivity index (χ3n) is 11.9. The summed E-state index contributed by atoms with van der Waals surface area (Å²) in [5.41, 5.74) is 13.0. The minimum absolute atomic E-state index is 0.200. The van der Waals surface area contributed by atoms with Crippen LogP contribution in [0.1, 0.15) is 78.8 Å². The van der Waals surface area contributed by atoms with Gasteiger partial charge in [-0.05, 0) is 77.3 Å². The van der Waals surface area contributed by atoms with Gasteiger partial charge in [-0.1, -0.05) is 104 Å². The minimum atomic E-state index is -0.526. The van der Waals surface area contributed by atoms with Crippen molar-refractivity contribution in [2.24, 2.45) is 0 Å². The highest BCUT2D eigenvalue weighted by molar-refractivity contribution is 5.84. The van der Waals surface area contributed by atoms with Crippen LogP contribution >= 0.6 is 0 Å². The lowest BCUT2D eigenvalue weighted by Gasteiger charge is -2.47. The van der Waals surface area contributed by atoms with E-state index in [1.165, 1.54) is 51.6 Å². The summed E-state index contributed by atoms with van der Waals surface area (Å²) < 4.78 is 5.30. The first-order valence-corrected chi connectivity index (χ1v) is 17.8. The molecule has 50 heavy (non-hydrogen) atoms. The van der Waals surface area contributed by atoms with Gasteiger partial charge in [0.2, 0.25) is 0 Å². The summed E-state index contributed by atoms with van der Waals surface area (Å²) in [5.74, 6) is -0.200. The van der Waals surface area contributed by atoms with Crippen molar-refractivity contribution in [1.29, 1.82) is 0 Å². The van der Waals surface area contributed by atoms with Gasteiger partial charge in [-0.3, -0.25) is 19.7 Å². The first kappa shape index (κ1) is 30.6. The zero-order valence-corrected chi connectivity index (χ0v) is 28.5. The van der Waals surface area contributed by atoms with Gasteiger partial charge in [0, 0.05) is 57.9 Å². The highest BCUT2D eigenvalue weighted by Gasteiger charge is 2.58. The van der Waals surface area contributed by atoms with Gasteiger partial charge in [0.05, 0.1) is 24.2 Å². The fourth-order valence-electron chi connectivity index (χ4n) is 10.2. The summed E-state index contributed by atoms with van der Waals surface area (Å²) >= 11 is 0. The molecule has 3 aromatic heterocycles. The lowest BCUT2D eigenvalue weighted by atomic mass is 9.55. The van der Waals surface area contributed by atoms with Gasteiger partial charge in [0.15, 0.2) is 0 Å². The molecule has 3 aromatic carbocycles. The first-order valence-electron chi connectivity index (χ1n) is 17.8. The predicted molar refractivity (Wildman–Crippen MR) is 197 cm³/mol. The molecule has 3 aliphatic carbocycles. The number of ether oxygens (including phenoxy) is 1. The second kappa shape index (κ2) is 11.6. The van der Waals surface area contributed by atoms with Crippen LogP contribution in [0.25, 0.3) is 33.8 Å². The topological polar surface area (TPSA) is 65.0 Å². The Labute approximate surface area is 293 Å². The van der Waals surface area contributed by atoms with E-state index in [4.69, 9.17) is 19.7 Å². The Morgan fingerprint density at radius 2 is 0.900 bits per heavy atom. The number of fused-ring (bicyclic) bond motifs is 9. The van der Waals surface area contributed by atoms with Gasteiger partial charge in [0.1, 0.15) is 0 Å². The highest BCUT2D eigenvalue weighted by atomic mass is 16.5. The molecule has 5 heteroatoms. The molecule has 0 saturated carbocycles. The molecule has 0 spiro atoms. The molecule has 0 fully saturated rings. The van der Waals surface area contributed by atoms with E-state index in [0.717, 1.165) is 48.3 Å². The third kappa shape index (κ3) is 4.19. The molecule has 3 aliphatic rings. The molecule has 6 aromatic rings. The van der Waals surface area contributed by atoms with E-state index in [0.29, 0.717) is 12.8 Å². The van der Waals surface area contributed by atoms with Crippen LogP contribution in [0.15, 0.2) is 128 Å². The van der Waals surface area contributed by atoms with E-state index in [9.17, 15) is 4.79 Å². The van der Waals surface area contributed by atoms with E-state index < -0.39 is 10.8 Å². The Kier molecular flexibility index (Phi) is 7.10. The van der Waals surface area contributed by atoms with E-state index >= 15 is 0 Å². The molecule has 3 heterocycles. The number of benzene rings is 3. The number of methoxy groups -OCH3 is 1. The maximum atomic E-state index is 13.1. The van der Waals surface area contributed by atoms with Crippen molar-refractivity contribution in [3.05, 3.63) is 161 Å². The number of pyridine rings is 3. The van der Waals surface area contributed by atoms with Gasteiger partial charge >= 0.3 is 5.97 Å². The maximum Gasteiger partial charge on any atom is 0.305 e. The standard InChI is InChI=1S/C45H39N3O2/c1-3-23-43(33-16-7-4-13-30(33)40-36(43)19-10-25-46-40)28-45(35-18-9-6-15-32(35)42-38(45)21-12-27-48-42)29-44(24-22-39(49)50-2)34-17-8-5-14-31(34)41-37(44)20-11-26-47-41/h4-21,25-27H,3,22-24,28-29H2,1-2H3/t43-,44+,45-/m1/s1. The van der Waals surface area contributed by atoms with Crippen LogP contribution < -0.4 is 0 Å². The Hall–Kier alpha value is -5.42. The number of rotatable bonds is 9. The minimum Gasteiger partial charge on any atom is -0.469 e. The Morgan fingerprint density at radius 3 is 1.34 bits per heavy atom. The van der Waals surface area contributed by atoms with Crippen molar-refractivity contribution in [1.82, 2.24) is 15.0 Å². The number of carbonyl (C=O) groups is 1. The SMILES string of the molecule is CCC[C@@]1(C[C@@]2(C[C@@]3(CCC(=O)OC)c4ccccc4-c4ncccc43)c3ccccc3-c3ncccc32)c2ccccc2-c2ncccc21. The molecule has 0 aliphatic heterocycles. The molecule has 3 atom stereocenters. The Morgan fingerprint density at radius 1 is 0.520 bits per heavy atom. The summed E-state index contributed by atoms with van der Waals surface area (Å²) in [7, 11) is 1.49. The van der Waals surface area contributed by atoms with Crippen molar-refractivity contribution >= 4 is 5.97 Å². The van der Waals surface area contributed by atoms with Crippen molar-refractivity contribution in [2.45, 2.75) is 61.7 Å². The molecule has 0 saturated heterocycles. The lowest BCUT2D eigenvalue weighted by Crippen LogP contribution is -2.43. The second-order valence-electron chi connectivity index (χ2n) is 14.3. The van der Waals surface area contributed by atoms with Crippen LogP contribution in [0.2, 0.25) is 0 Å². The smallest absolute Gasteiger partial charge is 0.305 e. The molecule has 0 bridgehead atoms. The number of hydrogen-bond donors (Lipinski definition) is 0. The molecule has 0 radical (unpaired) electrons. The zero-order valence-electron chi connectivity index (χ0n) is 28.5. The number of esters is 1. The van der Waals surface area contributed by atoms with Crippen LogP contribution in [0.3, 0.4) is 0 Å². The molecular formula is C45H39N3O2. The summed E-state index contributed by atoms with van der Waals surface area (Å²) in [6.45, 7) is 2.30. The number of nitrogens with zero attached hydrogens (tertiary/aromatic N) is 3. The van der Waals surface area contributed by atoms with Crippen LogP contribution in [-0.2, 0) is 25.8 Å². The van der Waals surface area contributed by atoms with Gasteiger partial charge < -0.3 is 4.74 Å². The predicted octanol–water partition coefficient (Wildman–Crippen LogP) is 9.60. The molecule has 246 valence electrons. The summed E-state index contributed by atoms with van der Waals surface area (Å²) in [6.07, 6.45) is 10.2. The largest absolute Gasteiger partial charge is 0.469 e. The van der Waals surface area contributed by atoms with Gasteiger partial charge in [0.25, 0.3) is 0 Å². The van der Waals surface area contributed by atoms with E-state index in [-0.39, 0.29) is 11.4 Å². The molecule has 5 nitrogen and oxygen atoms in total. The summed E-state index contributed by atoms with van der Waals surface area (Å²) in [5, 5.41) is 0. The van der Waals surface area contributed by atoms with Crippen LogP contribution in [-0.4, -0.2) is 28.0 Å². The quantitative estimate of drug-likeness (QED) is 0.145. The van der Waals surface area contributed by atoms with Crippen molar-refractivity contribution in [2.75, 3.05) is 7.11 Å². The van der Waals surface area contributed by atoms with E-state index in [2.05, 4.69) is 116 Å². The van der Waals surface area contributed by atoms with Crippen LogP contribution in [0.5, 0.6) is 0 Å². The average molecular weight is 654 g/mol. The first-order chi connectivity index (χ1) is 24.6. The number of aromatic nitrogens is 3. The van der Waals surface area contributed by atoms with Gasteiger partial charge in [-0.2, -0.15) is 0 Å². The molecular weight excluding hydrogens is 615 g/mol. The highest BCUT2D eigenvalue weighted by Crippen LogP contribution is 2.65. The third-order valence-corrected chi connectivity index (χ3v) is 11.9. The fourth-order valence-corrected chi connectivity index (χ4v) is 10.2. The van der Waals surface area contributed by atoms with Crippen LogP contribution in [0, 0.1) is 0 Å². The normalized spacial score (nSPS) is 21.8. The molecule has 0 unspecified atom stereocenters. The maximum absolute atomic E-state index is 13.1. The van der Waals surface area contributed by atoms with Crippen molar-refractivity contribution < 1.29 is 9.53 Å². The second-order valence-corrected chi connectivity index (χ2v) is 14.3. The summed E-state index contributed by atoms with van der Waals surface area (Å²) in [6, 6.07) is 39.6. The fraction of sp³-hybridized carbons (Fsp3) is 0.244. The van der Waals surface area contributed by atoms with Gasteiger partial charge in [-0.15, -0.1) is 0 Å². The zero-order chi connectivity index (χ0) is 33.9. The van der Waals surface area contributed by atoms with Crippen molar-refractivity contribution in [3.8, 4) is 33.8 Å². The lowest BCUT2D eigenvalue weighted by molar-refractivity contribution is -0.141. The average Bonchev–Trinajstić information content (AvgIpc) is 3.72. The Balaban J connectivity index is 1.36.